The van der Waals surface area contributed by atoms with Crippen molar-refractivity contribution in [3.8, 4) is 0 Å². The molecule has 13 atom stereocenters. The first-order chi connectivity index (χ1) is 18.2. The van der Waals surface area contributed by atoms with Crippen LogP contribution in [0.25, 0.3) is 0 Å². The molecule has 4 nitrogen and oxygen atoms in total. The van der Waals surface area contributed by atoms with Crippen LogP contribution in [-0.2, 0) is 100 Å². The average Bonchev–Trinajstić information content (AvgIpc) is 3.37. The monoisotopic (exact) mass is 815 g/mol. The van der Waals surface area contributed by atoms with E-state index in [1.807, 2.05) is 0 Å². The smallest absolute Gasteiger partial charge is 0 e. The molecule has 0 amide bonds. The zero-order valence-electron chi connectivity index (χ0n) is 27.6. The molecule has 3 radical (unpaired) electrons. The molecule has 0 bridgehead atoms. The molecule has 0 saturated heterocycles. The summed E-state index contributed by atoms with van der Waals surface area (Å²) in [6.07, 6.45) is 5.86. The van der Waals surface area contributed by atoms with Gasteiger partial charge in [-0.3, -0.25) is 0 Å². The zero-order chi connectivity index (χ0) is 30.6. The van der Waals surface area contributed by atoms with Gasteiger partial charge in [-0.25, -0.2) is 0 Å². The Morgan fingerprint density at radius 1 is 0.634 bits per heavy atom. The fraction of sp³-hybridized carbons (Fsp3) is 0.966. The van der Waals surface area contributed by atoms with Crippen molar-refractivity contribution in [1.29, 1.82) is 0 Å². The second-order valence-corrected chi connectivity index (χ2v) is 32.5. The van der Waals surface area contributed by atoms with Crippen LogP contribution in [-0.4, -0.2) is 54.3 Å². The molecule has 234 valence electrons. The van der Waals surface area contributed by atoms with Crippen molar-refractivity contribution in [2.45, 2.75) is 73.5 Å². The molecule has 5 unspecified atom stereocenters. The van der Waals surface area contributed by atoms with Crippen LogP contribution in [0.5, 0.6) is 0 Å². The van der Waals surface area contributed by atoms with E-state index in [9.17, 15) is 0 Å². The van der Waals surface area contributed by atoms with Crippen molar-refractivity contribution in [3.63, 3.8) is 0 Å². The standard InChI is InChI=1S/C18H34BO3P2.C11H23OP.3V.Y/c1-12-7-17(15(4)14(12)3)11-21-24(6)22-23(5)20-10-16-9-18(19)8-13(16)2;1-8-6-11(7-12-13(4)5)10(3)9(8)2;;;;/h8,12-18H,7,9-11H2,1-6H3;8-11H,6-7H2,1-5H3;;;;/q-1;;;;;/t12-,13?,14-,15?,16-,17-,18+,23?,24?;8-,9-,10?,11-;;;;/m11..../s1. The summed E-state index contributed by atoms with van der Waals surface area (Å²) in [5.74, 6) is 7.53. The second kappa shape index (κ2) is 18.7. The van der Waals surface area contributed by atoms with Gasteiger partial charge >= 0.3 is 278 Å². The zero-order valence-corrected chi connectivity index (χ0v) is 37.4. The largest absolute Gasteiger partial charge is 0 e. The molecular formula is C29H57BO4P3V3Y-. The summed E-state index contributed by atoms with van der Waals surface area (Å²) in [6, 6.07) is 0. The summed E-state index contributed by atoms with van der Waals surface area (Å²) >= 11 is 8.00. The molecule has 3 aliphatic rings. The summed E-state index contributed by atoms with van der Waals surface area (Å²) in [7, 11) is 6.03. The van der Waals surface area contributed by atoms with Crippen molar-refractivity contribution < 1.29 is 100 Å². The summed E-state index contributed by atoms with van der Waals surface area (Å²) in [5.41, 5.74) is -5.03. The minimum atomic E-state index is -1.97. The van der Waals surface area contributed by atoms with Crippen LogP contribution in [0.3, 0.4) is 0 Å². The molecular weight excluding hydrogens is 758 g/mol. The molecule has 0 aliphatic heterocycles. The Bertz CT molecular complexity index is 956. The van der Waals surface area contributed by atoms with E-state index < -0.39 is 17.0 Å². The molecule has 41 heavy (non-hydrogen) atoms. The van der Waals surface area contributed by atoms with Crippen molar-refractivity contribution in [2.24, 2.45) is 59.2 Å². The third kappa shape index (κ3) is 15.0. The van der Waals surface area contributed by atoms with Crippen LogP contribution in [0, 0.1) is 65.6 Å². The maximum absolute atomic E-state index is 6.38. The fourth-order valence-electron chi connectivity index (χ4n) is 6.63. The molecule has 0 heterocycles. The first-order valence-electron chi connectivity index (χ1n) is 15.2. The van der Waals surface area contributed by atoms with Gasteiger partial charge in [-0.2, -0.15) is 0 Å². The topological polar surface area (TPSA) is 36.9 Å². The maximum Gasteiger partial charge on any atom is 0 e. The van der Waals surface area contributed by atoms with E-state index in [1.165, 1.54) is 12.8 Å². The summed E-state index contributed by atoms with van der Waals surface area (Å²) in [6.45, 7) is 27.6. The van der Waals surface area contributed by atoms with Crippen LogP contribution in [0.2, 0.25) is 5.82 Å². The molecule has 0 aromatic rings. The Hall–Kier alpha value is 4.05. The van der Waals surface area contributed by atoms with Crippen molar-refractivity contribution in [2.75, 3.05) is 46.5 Å². The molecule has 3 fully saturated rings. The van der Waals surface area contributed by atoms with Gasteiger partial charge in [0.2, 0.25) is 0 Å². The van der Waals surface area contributed by atoms with Crippen LogP contribution in [0.4, 0.5) is 0 Å². The predicted octanol–water partition coefficient (Wildman–Crippen LogP) is 9.24. The van der Waals surface area contributed by atoms with E-state index in [1.54, 1.807) is 0 Å². The minimum absolute atomic E-state index is 0. The summed E-state index contributed by atoms with van der Waals surface area (Å²) in [5, 5.41) is 0. The molecule has 3 saturated carbocycles. The Balaban J connectivity index is 0.000000475. The van der Waals surface area contributed by atoms with E-state index in [2.05, 4.69) is 131 Å². The quantitative estimate of drug-likeness (QED) is 0.119. The predicted molar refractivity (Wildman–Crippen MR) is 166 cm³/mol. The van der Waals surface area contributed by atoms with Gasteiger partial charge in [0.15, 0.2) is 0 Å². The van der Waals surface area contributed by atoms with E-state index in [4.69, 9.17) is 25.7 Å². The summed E-state index contributed by atoms with van der Waals surface area (Å²) < 4.78 is 24.9. The normalized spacial score (nSPS) is 40.1. The first kappa shape index (κ1) is 43.1. The Morgan fingerprint density at radius 2 is 1.02 bits per heavy atom. The number of rotatable bonds is 11. The van der Waals surface area contributed by atoms with Crippen LogP contribution in [0.15, 0.2) is 0 Å². The molecule has 12 heteroatoms. The van der Waals surface area contributed by atoms with Crippen LogP contribution in [0.1, 0.15) is 67.7 Å². The Labute approximate surface area is 307 Å². The van der Waals surface area contributed by atoms with Gasteiger partial charge in [0.25, 0.3) is 0 Å². The third-order valence-corrected chi connectivity index (χ3v) is 18.3. The fourth-order valence-corrected chi connectivity index (χ4v) is 16.9. The molecule has 0 spiro atoms. The molecule has 3 rings (SSSR count). The number of hydrogen-bond donors (Lipinski definition) is 0. The maximum atomic E-state index is 6.38. The Kier molecular flexibility index (Phi) is 19.7. The minimum Gasteiger partial charge on any atom is 0 e. The van der Waals surface area contributed by atoms with E-state index in [-0.39, 0.29) is 38.5 Å². The van der Waals surface area contributed by atoms with Gasteiger partial charge in [0, 0.05) is 32.7 Å². The third-order valence-electron chi connectivity index (χ3n) is 10.1. The first-order valence-corrected chi connectivity index (χ1v) is 27.4. The van der Waals surface area contributed by atoms with Crippen molar-refractivity contribution in [1.82, 2.24) is 0 Å². The molecule has 0 aromatic carbocycles. The van der Waals surface area contributed by atoms with Crippen molar-refractivity contribution >= 4 is 24.8 Å². The van der Waals surface area contributed by atoms with Gasteiger partial charge in [0.05, 0.1) is 0 Å². The van der Waals surface area contributed by atoms with Gasteiger partial charge in [-0.15, -0.1) is 0 Å². The van der Waals surface area contributed by atoms with E-state index in [0.29, 0.717) is 24.4 Å². The van der Waals surface area contributed by atoms with E-state index >= 15 is 0 Å². The number of hydrogen-bond acceptors (Lipinski definition) is 4. The average molecular weight is 815 g/mol. The van der Waals surface area contributed by atoms with Gasteiger partial charge in [-0.1, -0.05) is 0 Å². The SMILES string of the molecule is CC1[C@@H](CO[P](C)(C)=[V])C[C@@H](C)[C@H]1C.[B][C@H]1[CH-]C(C)[C@@H](CO[P](C)(=[V])O[P](C)(=[V])OC[C@H]2C[C@@H](C)[C@@H](C)C2C)C1.[Y]. The van der Waals surface area contributed by atoms with Crippen LogP contribution < -0.4 is 0 Å². The van der Waals surface area contributed by atoms with E-state index in [0.717, 1.165) is 61.1 Å². The van der Waals surface area contributed by atoms with Gasteiger partial charge < -0.3 is 0 Å². The van der Waals surface area contributed by atoms with Gasteiger partial charge in [0.1, 0.15) is 0 Å². The van der Waals surface area contributed by atoms with Crippen LogP contribution >= 0.6 is 17.0 Å². The molecule has 3 aliphatic carbocycles. The second-order valence-electron chi connectivity index (χ2n) is 14.0. The molecule has 0 N–H and O–H groups in total. The molecule has 0 aromatic heterocycles. The van der Waals surface area contributed by atoms with Crippen molar-refractivity contribution in [3.05, 3.63) is 6.42 Å². The summed E-state index contributed by atoms with van der Waals surface area (Å²) in [4.78, 5) is 0. The van der Waals surface area contributed by atoms with Gasteiger partial charge in [-0.05, 0) is 0 Å². The Morgan fingerprint density at radius 3 is 1.34 bits per heavy atom.